The highest BCUT2D eigenvalue weighted by Gasteiger charge is 2.05. The third kappa shape index (κ3) is 2.66. The van der Waals surface area contributed by atoms with Gasteiger partial charge in [0, 0.05) is 17.8 Å². The van der Waals surface area contributed by atoms with Gasteiger partial charge in [0.05, 0.1) is 0 Å². The molecule has 0 spiro atoms. The summed E-state index contributed by atoms with van der Waals surface area (Å²) in [4.78, 5) is 0. The Hall–Kier alpha value is -2.23. The number of hydrogen-bond donors (Lipinski definition) is 3. The predicted octanol–water partition coefficient (Wildman–Crippen LogP) is 2.85. The van der Waals surface area contributed by atoms with Crippen molar-refractivity contribution >= 4 is 5.69 Å². The number of halogens is 1. The highest BCUT2D eigenvalue weighted by Crippen LogP contribution is 2.28. The van der Waals surface area contributed by atoms with Gasteiger partial charge in [-0.25, -0.2) is 4.39 Å². The van der Waals surface area contributed by atoms with E-state index in [-0.39, 0.29) is 17.3 Å². The number of benzene rings is 2. The molecule has 0 saturated heterocycles. The van der Waals surface area contributed by atoms with Gasteiger partial charge in [-0.05, 0) is 24.3 Å². The second-order valence-corrected chi connectivity index (χ2v) is 3.65. The van der Waals surface area contributed by atoms with Crippen molar-refractivity contribution in [1.29, 1.82) is 0 Å². The van der Waals surface area contributed by atoms with E-state index in [1.165, 1.54) is 18.2 Å². The van der Waals surface area contributed by atoms with E-state index in [9.17, 15) is 14.6 Å². The third-order valence-corrected chi connectivity index (χ3v) is 2.41. The molecule has 0 fully saturated rings. The summed E-state index contributed by atoms with van der Waals surface area (Å²) in [7, 11) is 0. The lowest BCUT2D eigenvalue weighted by molar-refractivity contribution is 0.400. The van der Waals surface area contributed by atoms with Gasteiger partial charge in [0.1, 0.15) is 5.82 Å². The minimum absolute atomic E-state index is 0.156. The first-order valence-corrected chi connectivity index (χ1v) is 5.16. The Balaban J connectivity index is 2.10. The number of hydrogen-bond acceptors (Lipinski definition) is 3. The average molecular weight is 233 g/mol. The minimum Gasteiger partial charge on any atom is -0.504 e. The topological polar surface area (TPSA) is 52.5 Å². The molecule has 17 heavy (non-hydrogen) atoms. The molecular weight excluding hydrogens is 221 g/mol. The van der Waals surface area contributed by atoms with Crippen LogP contribution in [-0.2, 0) is 6.54 Å². The fourth-order valence-electron chi connectivity index (χ4n) is 1.52. The van der Waals surface area contributed by atoms with Crippen molar-refractivity contribution in [2.24, 2.45) is 0 Å². The highest BCUT2D eigenvalue weighted by atomic mass is 19.1. The maximum atomic E-state index is 12.9. The van der Waals surface area contributed by atoms with E-state index in [4.69, 9.17) is 0 Å². The monoisotopic (exact) mass is 233 g/mol. The van der Waals surface area contributed by atoms with Crippen LogP contribution in [0.25, 0.3) is 0 Å². The van der Waals surface area contributed by atoms with Gasteiger partial charge < -0.3 is 15.5 Å². The second-order valence-electron chi connectivity index (χ2n) is 3.65. The van der Waals surface area contributed by atoms with Gasteiger partial charge in [0.25, 0.3) is 0 Å². The maximum absolute atomic E-state index is 12.9. The molecule has 0 amide bonds. The second kappa shape index (κ2) is 4.74. The van der Waals surface area contributed by atoms with Crippen molar-refractivity contribution < 1.29 is 14.6 Å². The first kappa shape index (κ1) is 11.3. The molecule has 0 aliphatic heterocycles. The van der Waals surface area contributed by atoms with Crippen LogP contribution in [0.2, 0.25) is 0 Å². The van der Waals surface area contributed by atoms with Gasteiger partial charge in [0.15, 0.2) is 11.5 Å². The number of phenols is 2. The van der Waals surface area contributed by atoms with Gasteiger partial charge in [-0.3, -0.25) is 0 Å². The Kier molecular flexibility index (Phi) is 3.14. The van der Waals surface area contributed by atoms with E-state index < -0.39 is 0 Å². The number of nitrogens with one attached hydrogen (secondary N) is 1. The Morgan fingerprint density at radius 2 is 1.82 bits per heavy atom. The quantitative estimate of drug-likeness (QED) is 0.714. The van der Waals surface area contributed by atoms with Gasteiger partial charge in [-0.1, -0.05) is 18.2 Å². The molecule has 3 N–H and O–H groups in total. The van der Waals surface area contributed by atoms with Crippen LogP contribution in [0.3, 0.4) is 0 Å². The highest BCUT2D eigenvalue weighted by molar-refractivity contribution is 5.48. The molecule has 2 aromatic rings. The number of phenolic OH excluding ortho intramolecular Hbond substituents is 2. The van der Waals surface area contributed by atoms with E-state index in [1.807, 2.05) is 0 Å². The Morgan fingerprint density at radius 3 is 2.59 bits per heavy atom. The third-order valence-electron chi connectivity index (χ3n) is 2.41. The lowest BCUT2D eigenvalue weighted by Crippen LogP contribution is -1.99. The van der Waals surface area contributed by atoms with Crippen LogP contribution in [0.15, 0.2) is 42.5 Å². The van der Waals surface area contributed by atoms with Gasteiger partial charge in [-0.2, -0.15) is 0 Å². The zero-order valence-electron chi connectivity index (χ0n) is 9.02. The van der Waals surface area contributed by atoms with Crippen LogP contribution in [0.4, 0.5) is 10.1 Å². The van der Waals surface area contributed by atoms with Crippen molar-refractivity contribution in [2.45, 2.75) is 6.54 Å². The molecule has 3 nitrogen and oxygen atoms in total. The zero-order chi connectivity index (χ0) is 12.3. The molecule has 0 aromatic heterocycles. The predicted molar refractivity (Wildman–Crippen MR) is 63.5 cm³/mol. The SMILES string of the molecule is Oc1cccc(CNc2cccc(F)c2)c1O. The van der Waals surface area contributed by atoms with Gasteiger partial charge in [0.2, 0.25) is 0 Å². The first-order valence-electron chi connectivity index (χ1n) is 5.16. The van der Waals surface area contributed by atoms with E-state index in [0.29, 0.717) is 17.8 Å². The molecular formula is C13H12FNO2. The standard InChI is InChI=1S/C13H12FNO2/c14-10-4-2-5-11(7-10)15-8-9-3-1-6-12(16)13(9)17/h1-7,15-17H,8H2. The summed E-state index contributed by atoms with van der Waals surface area (Å²) in [5.41, 5.74) is 1.17. The molecule has 4 heteroatoms. The van der Waals surface area contributed by atoms with Crippen LogP contribution < -0.4 is 5.32 Å². The summed E-state index contributed by atoms with van der Waals surface area (Å²) >= 11 is 0. The maximum Gasteiger partial charge on any atom is 0.162 e. The zero-order valence-corrected chi connectivity index (χ0v) is 9.02. The molecule has 2 aromatic carbocycles. The molecule has 0 aliphatic carbocycles. The van der Waals surface area contributed by atoms with Crippen LogP contribution in [0.5, 0.6) is 11.5 Å². The van der Waals surface area contributed by atoms with Crippen LogP contribution >= 0.6 is 0 Å². The largest absolute Gasteiger partial charge is 0.504 e. The number of para-hydroxylation sites is 1. The van der Waals surface area contributed by atoms with Gasteiger partial charge in [-0.15, -0.1) is 0 Å². The minimum atomic E-state index is -0.324. The van der Waals surface area contributed by atoms with Crippen molar-refractivity contribution in [2.75, 3.05) is 5.32 Å². The fourth-order valence-corrected chi connectivity index (χ4v) is 1.52. The fraction of sp³-hybridized carbons (Fsp3) is 0.0769. The molecule has 0 bridgehead atoms. The molecule has 2 rings (SSSR count). The van der Waals surface area contributed by atoms with E-state index in [0.717, 1.165) is 0 Å². The van der Waals surface area contributed by atoms with Crippen molar-refractivity contribution in [3.8, 4) is 11.5 Å². The molecule has 0 atom stereocenters. The summed E-state index contributed by atoms with van der Waals surface area (Å²) in [5, 5.41) is 21.8. The Morgan fingerprint density at radius 1 is 1.06 bits per heavy atom. The number of aromatic hydroxyl groups is 2. The van der Waals surface area contributed by atoms with Crippen molar-refractivity contribution in [3.63, 3.8) is 0 Å². The molecule has 0 saturated carbocycles. The summed E-state index contributed by atoms with van der Waals surface area (Å²) in [6.07, 6.45) is 0. The lowest BCUT2D eigenvalue weighted by atomic mass is 10.2. The lowest BCUT2D eigenvalue weighted by Gasteiger charge is -2.08. The van der Waals surface area contributed by atoms with Gasteiger partial charge >= 0.3 is 0 Å². The smallest absolute Gasteiger partial charge is 0.162 e. The molecule has 0 radical (unpaired) electrons. The summed E-state index contributed by atoms with van der Waals surface area (Å²) < 4.78 is 12.9. The van der Waals surface area contributed by atoms with E-state index in [2.05, 4.69) is 5.32 Å². The Labute approximate surface area is 98.2 Å². The summed E-state index contributed by atoms with van der Waals surface area (Å²) in [5.74, 6) is -0.643. The van der Waals surface area contributed by atoms with Crippen LogP contribution in [-0.4, -0.2) is 10.2 Å². The summed E-state index contributed by atoms with van der Waals surface area (Å²) in [6, 6.07) is 10.8. The molecule has 0 aliphatic rings. The van der Waals surface area contributed by atoms with Crippen molar-refractivity contribution in [3.05, 3.63) is 53.8 Å². The number of anilines is 1. The first-order chi connectivity index (χ1) is 8.16. The Bertz CT molecular complexity index is 529. The normalized spacial score (nSPS) is 10.2. The molecule has 88 valence electrons. The molecule has 0 heterocycles. The van der Waals surface area contributed by atoms with Crippen LogP contribution in [0, 0.1) is 5.82 Å². The average Bonchev–Trinajstić information content (AvgIpc) is 2.31. The number of rotatable bonds is 3. The van der Waals surface area contributed by atoms with E-state index in [1.54, 1.807) is 24.3 Å². The van der Waals surface area contributed by atoms with Crippen molar-refractivity contribution in [1.82, 2.24) is 0 Å². The van der Waals surface area contributed by atoms with Crippen LogP contribution in [0.1, 0.15) is 5.56 Å². The molecule has 0 unspecified atom stereocenters. The summed E-state index contributed by atoms with van der Waals surface area (Å²) in [6.45, 7) is 0.309. The van der Waals surface area contributed by atoms with E-state index >= 15 is 0 Å².